The molecule has 0 amide bonds. The molecule has 0 fully saturated rings. The first kappa shape index (κ1) is 13.6. The van der Waals surface area contributed by atoms with E-state index >= 15 is 0 Å². The van der Waals surface area contributed by atoms with E-state index < -0.39 is 0 Å². The minimum absolute atomic E-state index is 0.163. The fourth-order valence-electron chi connectivity index (χ4n) is 2.24. The molecule has 0 aliphatic carbocycles. The minimum Gasteiger partial charge on any atom is -0.457 e. The molecule has 2 aromatic rings. The zero-order valence-corrected chi connectivity index (χ0v) is 11.8. The lowest BCUT2D eigenvalue weighted by Gasteiger charge is -2.10. The van der Waals surface area contributed by atoms with Gasteiger partial charge in [0.15, 0.2) is 0 Å². The SMILES string of the molecule is Cc1cc(C)cc(Oc2cccc(CC(C)N)c2)c1. The van der Waals surface area contributed by atoms with Crippen molar-refractivity contribution in [3.63, 3.8) is 0 Å². The molecule has 2 heteroatoms. The van der Waals surface area contributed by atoms with Gasteiger partial charge in [0.2, 0.25) is 0 Å². The van der Waals surface area contributed by atoms with Crippen LogP contribution in [0.25, 0.3) is 0 Å². The van der Waals surface area contributed by atoms with E-state index in [0.29, 0.717) is 0 Å². The minimum atomic E-state index is 0.163. The molecule has 1 atom stereocenters. The molecule has 1 unspecified atom stereocenters. The molecular formula is C17H21NO. The molecule has 100 valence electrons. The van der Waals surface area contributed by atoms with Crippen molar-refractivity contribution >= 4 is 0 Å². The molecule has 2 aromatic carbocycles. The standard InChI is InChI=1S/C17H21NO/c1-12-7-13(2)9-17(8-12)19-16-6-4-5-15(11-16)10-14(3)18/h4-9,11,14H,10,18H2,1-3H3. The molecule has 0 saturated heterocycles. The van der Waals surface area contributed by atoms with Crippen LogP contribution >= 0.6 is 0 Å². The molecule has 2 nitrogen and oxygen atoms in total. The van der Waals surface area contributed by atoms with Gasteiger partial charge in [-0.2, -0.15) is 0 Å². The monoisotopic (exact) mass is 255 g/mol. The number of hydrogen-bond donors (Lipinski definition) is 1. The van der Waals surface area contributed by atoms with Crippen molar-refractivity contribution in [2.45, 2.75) is 33.2 Å². The normalized spacial score (nSPS) is 12.2. The van der Waals surface area contributed by atoms with Gasteiger partial charge in [0.1, 0.15) is 11.5 Å². The van der Waals surface area contributed by atoms with Crippen molar-refractivity contribution in [1.29, 1.82) is 0 Å². The lowest BCUT2D eigenvalue weighted by molar-refractivity contribution is 0.481. The smallest absolute Gasteiger partial charge is 0.127 e. The maximum absolute atomic E-state index is 5.92. The van der Waals surface area contributed by atoms with E-state index in [-0.39, 0.29) is 6.04 Å². The summed E-state index contributed by atoms with van der Waals surface area (Å²) in [5.41, 5.74) is 9.45. The van der Waals surface area contributed by atoms with Crippen LogP contribution in [0.5, 0.6) is 11.5 Å². The van der Waals surface area contributed by atoms with Crippen LogP contribution in [0.15, 0.2) is 42.5 Å². The molecule has 0 radical (unpaired) electrons. The van der Waals surface area contributed by atoms with Crippen molar-refractivity contribution < 1.29 is 4.74 Å². The van der Waals surface area contributed by atoms with Crippen molar-refractivity contribution in [3.8, 4) is 11.5 Å². The number of aryl methyl sites for hydroxylation is 2. The number of ether oxygens (including phenoxy) is 1. The third kappa shape index (κ3) is 4.11. The summed E-state index contributed by atoms with van der Waals surface area (Å²) in [6.45, 7) is 6.16. The Balaban J connectivity index is 2.18. The molecule has 0 heterocycles. The highest BCUT2D eigenvalue weighted by Crippen LogP contribution is 2.24. The molecule has 0 aromatic heterocycles. The van der Waals surface area contributed by atoms with Crippen LogP contribution in [0.3, 0.4) is 0 Å². The highest BCUT2D eigenvalue weighted by molar-refractivity contribution is 5.38. The van der Waals surface area contributed by atoms with E-state index in [1.165, 1.54) is 16.7 Å². The Kier molecular flexibility index (Phi) is 4.23. The Morgan fingerprint density at radius 2 is 1.68 bits per heavy atom. The second-order valence-electron chi connectivity index (χ2n) is 5.25. The molecule has 0 bridgehead atoms. The second-order valence-corrected chi connectivity index (χ2v) is 5.25. The first-order valence-electron chi connectivity index (χ1n) is 6.63. The average Bonchev–Trinajstić information content (AvgIpc) is 2.26. The molecule has 2 N–H and O–H groups in total. The van der Waals surface area contributed by atoms with E-state index in [9.17, 15) is 0 Å². The summed E-state index contributed by atoms with van der Waals surface area (Å²) in [6, 6.07) is 14.5. The van der Waals surface area contributed by atoms with Gasteiger partial charge in [0.05, 0.1) is 0 Å². The summed E-state index contributed by atoms with van der Waals surface area (Å²) < 4.78 is 5.92. The Hall–Kier alpha value is -1.80. The van der Waals surface area contributed by atoms with Gasteiger partial charge >= 0.3 is 0 Å². The maximum Gasteiger partial charge on any atom is 0.127 e. The Morgan fingerprint density at radius 3 is 2.32 bits per heavy atom. The van der Waals surface area contributed by atoms with Gasteiger partial charge in [0, 0.05) is 6.04 Å². The van der Waals surface area contributed by atoms with Crippen LogP contribution in [0.1, 0.15) is 23.6 Å². The maximum atomic E-state index is 5.92. The van der Waals surface area contributed by atoms with Gasteiger partial charge in [-0.3, -0.25) is 0 Å². The number of rotatable bonds is 4. The zero-order chi connectivity index (χ0) is 13.8. The van der Waals surface area contributed by atoms with Crippen LogP contribution in [0, 0.1) is 13.8 Å². The Bertz CT molecular complexity index is 541. The number of nitrogens with two attached hydrogens (primary N) is 1. The van der Waals surface area contributed by atoms with Gasteiger partial charge in [-0.15, -0.1) is 0 Å². The summed E-state index contributed by atoms with van der Waals surface area (Å²) in [7, 11) is 0. The van der Waals surface area contributed by atoms with Gasteiger partial charge in [-0.25, -0.2) is 0 Å². The highest BCUT2D eigenvalue weighted by Gasteiger charge is 2.02. The van der Waals surface area contributed by atoms with Crippen LogP contribution in [-0.4, -0.2) is 6.04 Å². The highest BCUT2D eigenvalue weighted by atomic mass is 16.5. The number of hydrogen-bond acceptors (Lipinski definition) is 2. The van der Waals surface area contributed by atoms with Crippen LogP contribution in [0.2, 0.25) is 0 Å². The lowest BCUT2D eigenvalue weighted by Crippen LogP contribution is -2.17. The lowest BCUT2D eigenvalue weighted by atomic mass is 10.1. The fourth-order valence-corrected chi connectivity index (χ4v) is 2.24. The first-order chi connectivity index (χ1) is 9.02. The Labute approximate surface area is 115 Å². The van der Waals surface area contributed by atoms with Crippen LogP contribution in [0.4, 0.5) is 0 Å². The average molecular weight is 255 g/mol. The van der Waals surface area contributed by atoms with Gasteiger partial charge < -0.3 is 10.5 Å². The molecular weight excluding hydrogens is 234 g/mol. The molecule has 0 saturated carbocycles. The van der Waals surface area contributed by atoms with E-state index in [1.54, 1.807) is 0 Å². The van der Waals surface area contributed by atoms with E-state index in [2.05, 4.69) is 32.0 Å². The van der Waals surface area contributed by atoms with E-state index in [4.69, 9.17) is 10.5 Å². The van der Waals surface area contributed by atoms with Crippen LogP contribution in [-0.2, 0) is 6.42 Å². The quantitative estimate of drug-likeness (QED) is 0.896. The summed E-state index contributed by atoms with van der Waals surface area (Å²) in [6.07, 6.45) is 0.865. The van der Waals surface area contributed by atoms with E-state index in [1.807, 2.05) is 31.2 Å². The number of benzene rings is 2. The third-order valence-corrected chi connectivity index (χ3v) is 2.89. The first-order valence-corrected chi connectivity index (χ1v) is 6.63. The van der Waals surface area contributed by atoms with Crippen molar-refractivity contribution in [2.75, 3.05) is 0 Å². The fraction of sp³-hybridized carbons (Fsp3) is 0.294. The summed E-state index contributed by atoms with van der Waals surface area (Å²) in [5.74, 6) is 1.75. The molecule has 0 aliphatic heterocycles. The zero-order valence-electron chi connectivity index (χ0n) is 11.8. The summed E-state index contributed by atoms with van der Waals surface area (Å²) >= 11 is 0. The van der Waals surface area contributed by atoms with E-state index in [0.717, 1.165) is 17.9 Å². The van der Waals surface area contributed by atoms with Crippen molar-refractivity contribution in [2.24, 2.45) is 5.73 Å². The second kappa shape index (κ2) is 5.89. The molecule has 2 rings (SSSR count). The topological polar surface area (TPSA) is 35.2 Å². The third-order valence-electron chi connectivity index (χ3n) is 2.89. The predicted octanol–water partition coefficient (Wildman–Crippen LogP) is 3.99. The molecule has 0 aliphatic rings. The van der Waals surface area contributed by atoms with Crippen molar-refractivity contribution in [3.05, 3.63) is 59.2 Å². The Morgan fingerprint density at radius 1 is 1.00 bits per heavy atom. The van der Waals surface area contributed by atoms with Gasteiger partial charge in [-0.1, -0.05) is 18.2 Å². The molecule has 0 spiro atoms. The van der Waals surface area contributed by atoms with Gasteiger partial charge in [0.25, 0.3) is 0 Å². The molecule has 19 heavy (non-hydrogen) atoms. The predicted molar refractivity (Wildman–Crippen MR) is 79.8 cm³/mol. The summed E-state index contributed by atoms with van der Waals surface area (Å²) in [4.78, 5) is 0. The largest absolute Gasteiger partial charge is 0.457 e. The summed E-state index contributed by atoms with van der Waals surface area (Å²) in [5, 5.41) is 0. The van der Waals surface area contributed by atoms with Crippen molar-refractivity contribution in [1.82, 2.24) is 0 Å². The van der Waals surface area contributed by atoms with Crippen LogP contribution < -0.4 is 10.5 Å². The van der Waals surface area contributed by atoms with Gasteiger partial charge in [-0.05, 0) is 68.1 Å².